The van der Waals surface area contributed by atoms with Crippen molar-refractivity contribution >= 4 is 34.5 Å². The average molecular weight is 382 g/mol. The summed E-state index contributed by atoms with van der Waals surface area (Å²) in [6.07, 6.45) is -0.0486. The quantitative estimate of drug-likeness (QED) is 0.711. The molecule has 1 aromatic heterocycles. The average Bonchev–Trinajstić information content (AvgIpc) is 3.17. The molecule has 1 atom stereocenters. The molecule has 0 aliphatic carbocycles. The predicted octanol–water partition coefficient (Wildman–Crippen LogP) is 2.74. The van der Waals surface area contributed by atoms with Gasteiger partial charge in [-0.25, -0.2) is 9.37 Å². The smallest absolute Gasteiger partial charge is 0.253 e. The van der Waals surface area contributed by atoms with Crippen molar-refractivity contribution in [1.82, 2.24) is 9.55 Å². The maximum atomic E-state index is 13.0. The number of methoxy groups -OCH3 is 1. The van der Waals surface area contributed by atoms with E-state index in [9.17, 15) is 14.0 Å². The molecular formula is C20H19FN4O3. The molecule has 4 rings (SSSR count). The molecule has 0 fully saturated rings. The van der Waals surface area contributed by atoms with Gasteiger partial charge in [-0.1, -0.05) is 12.1 Å². The number of ether oxygens (including phenoxy) is 1. The van der Waals surface area contributed by atoms with Crippen molar-refractivity contribution in [3.63, 3.8) is 0 Å². The minimum Gasteiger partial charge on any atom is -0.383 e. The van der Waals surface area contributed by atoms with E-state index in [4.69, 9.17) is 4.74 Å². The molecule has 1 aliphatic heterocycles. The van der Waals surface area contributed by atoms with Crippen LogP contribution in [0.4, 0.5) is 16.0 Å². The number of para-hydroxylation sites is 2. The van der Waals surface area contributed by atoms with Crippen molar-refractivity contribution in [3.05, 3.63) is 54.3 Å². The van der Waals surface area contributed by atoms with E-state index in [0.717, 1.165) is 11.0 Å². The Labute approximate surface area is 160 Å². The van der Waals surface area contributed by atoms with Crippen molar-refractivity contribution < 1.29 is 18.7 Å². The minimum absolute atomic E-state index is 0.0486. The second-order valence-electron chi connectivity index (χ2n) is 6.53. The van der Waals surface area contributed by atoms with Gasteiger partial charge in [0.1, 0.15) is 11.9 Å². The zero-order valence-electron chi connectivity index (χ0n) is 15.3. The molecule has 3 aromatic rings. The number of benzene rings is 2. The number of anilines is 2. The fourth-order valence-electron chi connectivity index (χ4n) is 3.41. The van der Waals surface area contributed by atoms with Crippen LogP contribution in [0.2, 0.25) is 0 Å². The molecule has 2 heterocycles. The van der Waals surface area contributed by atoms with Crippen LogP contribution in [0.3, 0.4) is 0 Å². The molecule has 0 bridgehead atoms. The minimum atomic E-state index is -0.695. The number of nitrogens with one attached hydrogen (secondary N) is 1. The van der Waals surface area contributed by atoms with Gasteiger partial charge in [0.15, 0.2) is 0 Å². The topological polar surface area (TPSA) is 76.5 Å². The third-order valence-corrected chi connectivity index (χ3v) is 4.71. The number of imidazole rings is 1. The van der Waals surface area contributed by atoms with Gasteiger partial charge in [-0.05, 0) is 36.4 Å². The molecule has 8 heteroatoms. The first-order valence-electron chi connectivity index (χ1n) is 8.91. The van der Waals surface area contributed by atoms with Gasteiger partial charge < -0.3 is 10.1 Å². The standard InChI is InChI=1S/C20H19FN4O3/c1-28-11-10-24-19(27)17(12-18(26)22-14-8-6-13(21)7-9-14)25-16-5-3-2-4-15(16)23-20(24)25/h2-9,17H,10-12H2,1H3,(H,22,26). The SMILES string of the molecule is COCCN1C(=O)C(CC(=O)Nc2ccc(F)cc2)n2c1nc1ccccc12. The van der Waals surface area contributed by atoms with Crippen molar-refractivity contribution in [2.45, 2.75) is 12.5 Å². The van der Waals surface area contributed by atoms with Gasteiger partial charge in [0.2, 0.25) is 11.9 Å². The van der Waals surface area contributed by atoms with E-state index in [1.807, 2.05) is 24.3 Å². The van der Waals surface area contributed by atoms with Crippen molar-refractivity contribution in [3.8, 4) is 0 Å². The van der Waals surface area contributed by atoms with E-state index in [0.29, 0.717) is 24.8 Å². The second kappa shape index (κ2) is 7.40. The summed E-state index contributed by atoms with van der Waals surface area (Å²) in [5, 5.41) is 2.71. The van der Waals surface area contributed by atoms with Crippen LogP contribution in [0.15, 0.2) is 48.5 Å². The van der Waals surface area contributed by atoms with Gasteiger partial charge in [0.05, 0.1) is 30.6 Å². The molecule has 0 spiro atoms. The van der Waals surface area contributed by atoms with Crippen LogP contribution in [-0.4, -0.2) is 41.6 Å². The van der Waals surface area contributed by atoms with Crippen LogP contribution < -0.4 is 10.2 Å². The summed E-state index contributed by atoms with van der Waals surface area (Å²) in [6.45, 7) is 0.720. The zero-order valence-corrected chi connectivity index (χ0v) is 15.3. The zero-order chi connectivity index (χ0) is 19.7. The van der Waals surface area contributed by atoms with Gasteiger partial charge in [-0.3, -0.25) is 19.1 Å². The highest BCUT2D eigenvalue weighted by Crippen LogP contribution is 2.36. The molecule has 0 saturated heterocycles. The van der Waals surface area contributed by atoms with E-state index >= 15 is 0 Å². The van der Waals surface area contributed by atoms with E-state index in [-0.39, 0.29) is 24.1 Å². The van der Waals surface area contributed by atoms with Crippen LogP contribution in [0, 0.1) is 5.82 Å². The molecule has 28 heavy (non-hydrogen) atoms. The summed E-state index contributed by atoms with van der Waals surface area (Å²) in [5.41, 5.74) is 2.03. The van der Waals surface area contributed by atoms with E-state index < -0.39 is 6.04 Å². The highest BCUT2D eigenvalue weighted by atomic mass is 19.1. The van der Waals surface area contributed by atoms with Crippen molar-refractivity contribution in [1.29, 1.82) is 0 Å². The van der Waals surface area contributed by atoms with E-state index in [2.05, 4.69) is 10.3 Å². The van der Waals surface area contributed by atoms with E-state index in [1.165, 1.54) is 24.3 Å². The van der Waals surface area contributed by atoms with Crippen LogP contribution >= 0.6 is 0 Å². The Bertz CT molecular complexity index is 1030. The maximum absolute atomic E-state index is 13.0. The molecular weight excluding hydrogens is 363 g/mol. The molecule has 1 unspecified atom stereocenters. The first kappa shape index (κ1) is 18.1. The fraction of sp³-hybridized carbons (Fsp3) is 0.250. The number of rotatable bonds is 6. The van der Waals surface area contributed by atoms with E-state index in [1.54, 1.807) is 16.6 Å². The first-order valence-corrected chi connectivity index (χ1v) is 8.91. The largest absolute Gasteiger partial charge is 0.383 e. The summed E-state index contributed by atoms with van der Waals surface area (Å²) in [7, 11) is 1.57. The normalized spacial score (nSPS) is 15.9. The molecule has 2 aromatic carbocycles. The Morgan fingerprint density at radius 1 is 1.21 bits per heavy atom. The highest BCUT2D eigenvalue weighted by molar-refractivity contribution is 6.05. The predicted molar refractivity (Wildman–Crippen MR) is 103 cm³/mol. The number of fused-ring (bicyclic) bond motifs is 3. The van der Waals surface area contributed by atoms with Crippen molar-refractivity contribution in [2.24, 2.45) is 0 Å². The Kier molecular flexibility index (Phi) is 4.79. The molecule has 1 aliphatic rings. The molecule has 7 nitrogen and oxygen atoms in total. The first-order chi connectivity index (χ1) is 13.6. The number of halogens is 1. The Morgan fingerprint density at radius 2 is 1.96 bits per heavy atom. The molecule has 0 radical (unpaired) electrons. The summed E-state index contributed by atoms with van der Waals surface area (Å²) >= 11 is 0. The summed E-state index contributed by atoms with van der Waals surface area (Å²) in [5.74, 6) is -0.392. The monoisotopic (exact) mass is 382 g/mol. The Hall–Kier alpha value is -3.26. The van der Waals surface area contributed by atoms with Crippen molar-refractivity contribution in [2.75, 3.05) is 30.5 Å². The summed E-state index contributed by atoms with van der Waals surface area (Å²) in [6, 6.07) is 12.3. The molecule has 2 amide bonds. The number of nitrogens with zero attached hydrogens (tertiary/aromatic N) is 3. The maximum Gasteiger partial charge on any atom is 0.253 e. The van der Waals surface area contributed by atoms with Crippen LogP contribution in [-0.2, 0) is 14.3 Å². The summed E-state index contributed by atoms with van der Waals surface area (Å²) < 4.78 is 20.0. The Balaban J connectivity index is 1.62. The number of aromatic nitrogens is 2. The number of carbonyl (C=O) groups is 2. The third kappa shape index (κ3) is 3.22. The lowest BCUT2D eigenvalue weighted by Gasteiger charge is -2.15. The highest BCUT2D eigenvalue weighted by Gasteiger charge is 2.40. The third-order valence-electron chi connectivity index (χ3n) is 4.71. The number of hydrogen-bond acceptors (Lipinski definition) is 4. The van der Waals surface area contributed by atoms with Crippen LogP contribution in [0.1, 0.15) is 12.5 Å². The van der Waals surface area contributed by atoms with Gasteiger partial charge in [-0.15, -0.1) is 0 Å². The molecule has 0 saturated carbocycles. The number of carbonyl (C=O) groups excluding carboxylic acids is 2. The number of amides is 2. The fourth-order valence-corrected chi connectivity index (χ4v) is 3.41. The van der Waals surface area contributed by atoms with Gasteiger partial charge in [0.25, 0.3) is 5.91 Å². The Morgan fingerprint density at radius 3 is 2.71 bits per heavy atom. The van der Waals surface area contributed by atoms with Gasteiger partial charge in [-0.2, -0.15) is 0 Å². The lowest BCUT2D eigenvalue weighted by Crippen LogP contribution is -2.33. The lowest BCUT2D eigenvalue weighted by atomic mass is 10.1. The van der Waals surface area contributed by atoms with Gasteiger partial charge in [0, 0.05) is 12.8 Å². The second-order valence-corrected chi connectivity index (χ2v) is 6.53. The van der Waals surface area contributed by atoms with Crippen LogP contribution in [0.5, 0.6) is 0 Å². The summed E-state index contributed by atoms with van der Waals surface area (Å²) in [4.78, 5) is 31.7. The molecule has 1 N–H and O–H groups in total. The number of hydrogen-bond donors (Lipinski definition) is 1. The lowest BCUT2D eigenvalue weighted by molar-refractivity contribution is -0.124. The molecule has 144 valence electrons. The van der Waals surface area contributed by atoms with Gasteiger partial charge >= 0.3 is 0 Å². The van der Waals surface area contributed by atoms with Crippen LogP contribution in [0.25, 0.3) is 11.0 Å².